The maximum Gasteiger partial charge on any atom is 0.407 e. The lowest BCUT2D eigenvalue weighted by molar-refractivity contribution is 0.139. The number of amides is 2. The molecule has 148 valence electrons. The van der Waals surface area contributed by atoms with Crippen molar-refractivity contribution in [2.45, 2.75) is 38.7 Å². The molecule has 0 heterocycles. The van der Waals surface area contributed by atoms with Crippen molar-refractivity contribution in [3.8, 4) is 11.1 Å². The lowest BCUT2D eigenvalue weighted by atomic mass is 10.0. The highest BCUT2D eigenvalue weighted by Crippen LogP contribution is 2.38. The van der Waals surface area contributed by atoms with Gasteiger partial charge in [-0.2, -0.15) is 0 Å². The first-order chi connectivity index (χ1) is 13.6. The minimum Gasteiger partial charge on any atom is -0.465 e. The molecular weight excluding hydrogens is 356 g/mol. The summed E-state index contributed by atoms with van der Waals surface area (Å²) in [5, 5.41) is 13.6. The molecule has 2 aromatic carbocycles. The fourth-order valence-corrected chi connectivity index (χ4v) is 3.54. The number of unbranched alkanes of at least 4 members (excludes halogenated alkanes) is 3. The second-order valence-corrected chi connectivity index (χ2v) is 6.93. The van der Waals surface area contributed by atoms with E-state index >= 15 is 0 Å². The number of carboxylic acid groups (broad SMARTS) is 1. The summed E-state index contributed by atoms with van der Waals surface area (Å²) < 4.78 is 5.40. The van der Waals surface area contributed by atoms with Crippen LogP contribution in [0.3, 0.4) is 0 Å². The highest BCUT2D eigenvalue weighted by atomic mass is 16.5. The van der Waals surface area contributed by atoms with Gasteiger partial charge in [0.1, 0.15) is 6.61 Å². The molecule has 0 fully saturated rings. The number of carbonyl (C=O) groups is 2. The zero-order valence-corrected chi connectivity index (χ0v) is 15.9. The van der Waals surface area contributed by atoms with Gasteiger partial charge in [-0.05, 0) is 47.1 Å². The van der Waals surface area contributed by atoms with Crippen LogP contribution in [0.25, 0.3) is 11.1 Å². The van der Waals surface area contributed by atoms with Gasteiger partial charge in [-0.25, -0.2) is 9.59 Å². The van der Waals surface area contributed by atoms with Crippen LogP contribution in [0, 0.1) is 0 Å². The average molecular weight is 382 g/mol. The van der Waals surface area contributed by atoms with Gasteiger partial charge in [0.25, 0.3) is 0 Å². The molecule has 3 N–H and O–H groups in total. The van der Waals surface area contributed by atoms with E-state index in [1.54, 1.807) is 0 Å². The summed E-state index contributed by atoms with van der Waals surface area (Å²) in [5.74, 6) is 0. The van der Waals surface area contributed by atoms with E-state index in [9.17, 15) is 9.59 Å². The molecule has 0 saturated carbocycles. The standard InChI is InChI=1S/C22H26N2O4/c25-21(26)23-12-5-1-2-6-13-24-22(27)28-15-17-9-7-11-19-18-10-4-3-8-16(18)14-20(17)19/h3-4,7-11,23H,1-2,5-6,12-15H2,(H,24,27)(H,25,26). The van der Waals surface area contributed by atoms with Gasteiger partial charge in [-0.1, -0.05) is 55.3 Å². The van der Waals surface area contributed by atoms with Crippen LogP contribution in [0.1, 0.15) is 42.4 Å². The molecular formula is C22H26N2O4. The topological polar surface area (TPSA) is 87.7 Å². The molecule has 0 bridgehead atoms. The second-order valence-electron chi connectivity index (χ2n) is 6.93. The third-order valence-electron chi connectivity index (χ3n) is 4.96. The van der Waals surface area contributed by atoms with E-state index in [4.69, 9.17) is 9.84 Å². The first-order valence-electron chi connectivity index (χ1n) is 9.71. The molecule has 6 nitrogen and oxygen atoms in total. The smallest absolute Gasteiger partial charge is 0.407 e. The molecule has 0 spiro atoms. The first-order valence-corrected chi connectivity index (χ1v) is 9.71. The Morgan fingerprint density at radius 2 is 1.61 bits per heavy atom. The van der Waals surface area contributed by atoms with Crippen molar-refractivity contribution < 1.29 is 19.4 Å². The molecule has 0 aromatic heterocycles. The van der Waals surface area contributed by atoms with Crippen LogP contribution in [0.4, 0.5) is 9.59 Å². The molecule has 28 heavy (non-hydrogen) atoms. The number of alkyl carbamates (subject to hydrolysis) is 1. The Balaban J connectivity index is 1.37. The van der Waals surface area contributed by atoms with Crippen LogP contribution in [0.5, 0.6) is 0 Å². The fourth-order valence-electron chi connectivity index (χ4n) is 3.54. The number of hydrogen-bond acceptors (Lipinski definition) is 3. The van der Waals surface area contributed by atoms with E-state index in [0.29, 0.717) is 13.1 Å². The van der Waals surface area contributed by atoms with Gasteiger partial charge in [0.05, 0.1) is 0 Å². The van der Waals surface area contributed by atoms with E-state index in [-0.39, 0.29) is 6.61 Å². The summed E-state index contributed by atoms with van der Waals surface area (Å²) in [7, 11) is 0. The molecule has 0 aliphatic heterocycles. The lowest BCUT2D eigenvalue weighted by Gasteiger charge is -2.10. The van der Waals surface area contributed by atoms with Crippen LogP contribution in [0.2, 0.25) is 0 Å². The summed E-state index contributed by atoms with van der Waals surface area (Å²) in [5.41, 5.74) is 6.10. The molecule has 0 atom stereocenters. The van der Waals surface area contributed by atoms with Crippen molar-refractivity contribution in [2.75, 3.05) is 13.1 Å². The van der Waals surface area contributed by atoms with Crippen LogP contribution in [-0.4, -0.2) is 30.4 Å². The van der Waals surface area contributed by atoms with Crippen molar-refractivity contribution in [1.29, 1.82) is 0 Å². The number of carbonyl (C=O) groups excluding carboxylic acids is 1. The highest BCUT2D eigenvalue weighted by Gasteiger charge is 2.20. The predicted molar refractivity (Wildman–Crippen MR) is 107 cm³/mol. The Labute approximate surface area is 164 Å². The van der Waals surface area contributed by atoms with Crippen molar-refractivity contribution in [1.82, 2.24) is 10.6 Å². The van der Waals surface area contributed by atoms with Crippen LogP contribution >= 0.6 is 0 Å². The van der Waals surface area contributed by atoms with E-state index in [1.807, 2.05) is 18.2 Å². The normalized spacial score (nSPS) is 11.4. The average Bonchev–Trinajstić information content (AvgIpc) is 3.07. The Hall–Kier alpha value is -3.02. The predicted octanol–water partition coefficient (Wildman–Crippen LogP) is 4.31. The molecule has 3 rings (SSSR count). The van der Waals surface area contributed by atoms with E-state index in [1.165, 1.54) is 22.3 Å². The van der Waals surface area contributed by atoms with E-state index in [0.717, 1.165) is 37.7 Å². The Bertz CT molecular complexity index is 835. The highest BCUT2D eigenvalue weighted by molar-refractivity contribution is 5.78. The maximum absolute atomic E-state index is 11.9. The summed E-state index contributed by atoms with van der Waals surface area (Å²) in [6, 6.07) is 14.5. The lowest BCUT2D eigenvalue weighted by Crippen LogP contribution is -2.25. The van der Waals surface area contributed by atoms with Crippen LogP contribution in [0.15, 0.2) is 42.5 Å². The van der Waals surface area contributed by atoms with Gasteiger partial charge in [-0.3, -0.25) is 0 Å². The molecule has 2 aromatic rings. The van der Waals surface area contributed by atoms with Crippen LogP contribution < -0.4 is 10.6 Å². The SMILES string of the molecule is O=C(O)NCCCCCCNC(=O)OCc1cccc2c1Cc1ccccc1-2. The summed E-state index contributed by atoms with van der Waals surface area (Å²) >= 11 is 0. The summed E-state index contributed by atoms with van der Waals surface area (Å²) in [6.45, 7) is 1.30. The summed E-state index contributed by atoms with van der Waals surface area (Å²) in [4.78, 5) is 22.3. The van der Waals surface area contributed by atoms with Gasteiger partial charge < -0.3 is 20.5 Å². The Morgan fingerprint density at radius 1 is 0.893 bits per heavy atom. The zero-order valence-electron chi connectivity index (χ0n) is 15.9. The minimum absolute atomic E-state index is 0.268. The van der Waals surface area contributed by atoms with Gasteiger partial charge in [-0.15, -0.1) is 0 Å². The van der Waals surface area contributed by atoms with Crippen molar-refractivity contribution in [3.63, 3.8) is 0 Å². The monoisotopic (exact) mass is 382 g/mol. The molecule has 0 unspecified atom stereocenters. The number of nitrogens with one attached hydrogen (secondary N) is 2. The number of benzene rings is 2. The van der Waals surface area contributed by atoms with Gasteiger partial charge in [0.15, 0.2) is 0 Å². The van der Waals surface area contributed by atoms with Gasteiger partial charge in [0.2, 0.25) is 0 Å². The Morgan fingerprint density at radius 3 is 2.39 bits per heavy atom. The zero-order chi connectivity index (χ0) is 19.8. The molecule has 6 heteroatoms. The second kappa shape index (κ2) is 9.78. The summed E-state index contributed by atoms with van der Waals surface area (Å²) in [6.07, 6.45) is 3.00. The van der Waals surface area contributed by atoms with Crippen molar-refractivity contribution >= 4 is 12.2 Å². The Kier molecular flexibility index (Phi) is 6.89. The van der Waals surface area contributed by atoms with E-state index in [2.05, 4.69) is 34.9 Å². The molecule has 1 aliphatic carbocycles. The molecule has 2 amide bonds. The molecule has 0 radical (unpaired) electrons. The van der Waals surface area contributed by atoms with Crippen molar-refractivity contribution in [2.24, 2.45) is 0 Å². The van der Waals surface area contributed by atoms with Gasteiger partial charge in [0, 0.05) is 13.1 Å². The maximum atomic E-state index is 11.9. The number of rotatable bonds is 9. The fraction of sp³-hybridized carbons (Fsp3) is 0.364. The minimum atomic E-state index is -0.989. The third kappa shape index (κ3) is 5.25. The van der Waals surface area contributed by atoms with Crippen molar-refractivity contribution in [3.05, 3.63) is 59.2 Å². The van der Waals surface area contributed by atoms with E-state index < -0.39 is 12.2 Å². The largest absolute Gasteiger partial charge is 0.465 e. The number of fused-ring (bicyclic) bond motifs is 3. The van der Waals surface area contributed by atoms with Gasteiger partial charge >= 0.3 is 12.2 Å². The first kappa shape index (κ1) is 19.7. The molecule has 0 saturated heterocycles. The third-order valence-corrected chi connectivity index (χ3v) is 4.96. The number of ether oxygens (including phenoxy) is 1. The molecule has 1 aliphatic rings. The number of hydrogen-bond donors (Lipinski definition) is 3. The van der Waals surface area contributed by atoms with Crippen LogP contribution in [-0.2, 0) is 17.8 Å². The quantitative estimate of drug-likeness (QED) is 0.481.